The van der Waals surface area contributed by atoms with E-state index in [2.05, 4.69) is 4.98 Å². The predicted octanol–water partition coefficient (Wildman–Crippen LogP) is 3.29. The molecule has 0 spiro atoms. The molecule has 20 heavy (non-hydrogen) atoms. The fourth-order valence-electron chi connectivity index (χ4n) is 1.85. The van der Waals surface area contributed by atoms with E-state index in [-0.39, 0.29) is 11.7 Å². The molecule has 2 aromatic rings. The molecule has 0 bridgehead atoms. The zero-order chi connectivity index (χ0) is 14.7. The largest absolute Gasteiger partial charge is 0.448 e. The molecule has 0 radical (unpaired) electrons. The number of ether oxygens (including phenoxy) is 1. The van der Waals surface area contributed by atoms with Crippen LogP contribution < -0.4 is 0 Å². The number of imidazole rings is 1. The van der Waals surface area contributed by atoms with Gasteiger partial charge in [0.2, 0.25) is 5.76 Å². The van der Waals surface area contributed by atoms with E-state index >= 15 is 0 Å². The van der Waals surface area contributed by atoms with Crippen molar-refractivity contribution in [3.05, 3.63) is 36.1 Å². The molecular weight excluding hydrogens is 276 g/mol. The van der Waals surface area contributed by atoms with Gasteiger partial charge in [-0.3, -0.25) is 0 Å². The summed E-state index contributed by atoms with van der Waals surface area (Å²) in [7, 11) is 1.88. The lowest BCUT2D eigenvalue weighted by atomic mass is 10.1. The summed E-state index contributed by atoms with van der Waals surface area (Å²) in [6.07, 6.45) is 5.01. The van der Waals surface area contributed by atoms with E-state index in [1.807, 2.05) is 37.9 Å². The van der Waals surface area contributed by atoms with Gasteiger partial charge in [-0.25, -0.2) is 9.78 Å². The van der Waals surface area contributed by atoms with Gasteiger partial charge in [0.05, 0.1) is 0 Å². The van der Waals surface area contributed by atoms with Gasteiger partial charge in [-0.05, 0) is 24.3 Å². The van der Waals surface area contributed by atoms with E-state index in [0.717, 1.165) is 5.82 Å². The fourth-order valence-corrected chi connectivity index (χ4v) is 2.23. The third-order valence-electron chi connectivity index (χ3n) is 2.94. The number of rotatable bonds is 5. The van der Waals surface area contributed by atoms with Crippen LogP contribution in [-0.2, 0) is 11.8 Å². The summed E-state index contributed by atoms with van der Waals surface area (Å²) in [5, 5.41) is 0.690. The molecule has 2 rings (SSSR count). The highest BCUT2D eigenvalue weighted by molar-refractivity contribution is 7.98. The van der Waals surface area contributed by atoms with Crippen molar-refractivity contribution in [2.24, 2.45) is 13.0 Å². The van der Waals surface area contributed by atoms with Crippen molar-refractivity contribution < 1.29 is 13.9 Å². The van der Waals surface area contributed by atoms with E-state index in [1.54, 1.807) is 18.3 Å². The van der Waals surface area contributed by atoms with Crippen LogP contribution in [0.25, 0.3) is 0 Å². The molecule has 5 nitrogen and oxygen atoms in total. The van der Waals surface area contributed by atoms with Crippen LogP contribution in [-0.4, -0.2) is 21.8 Å². The molecule has 0 saturated heterocycles. The summed E-state index contributed by atoms with van der Waals surface area (Å²) in [6.45, 7) is 3.98. The summed E-state index contributed by atoms with van der Waals surface area (Å²) < 4.78 is 12.8. The SMILES string of the molecule is CSc1ccc(C(=O)OC(c2nccn2C)C(C)C)o1. The number of hydrogen-bond acceptors (Lipinski definition) is 5. The van der Waals surface area contributed by atoms with Crippen LogP contribution >= 0.6 is 11.8 Å². The van der Waals surface area contributed by atoms with Crippen LogP contribution in [0.5, 0.6) is 0 Å². The highest BCUT2D eigenvalue weighted by Gasteiger charge is 2.26. The zero-order valence-corrected chi connectivity index (χ0v) is 12.8. The first-order valence-electron chi connectivity index (χ1n) is 6.35. The van der Waals surface area contributed by atoms with E-state index in [0.29, 0.717) is 5.09 Å². The summed E-state index contributed by atoms with van der Waals surface area (Å²) in [4.78, 5) is 16.4. The number of nitrogens with zero attached hydrogens (tertiary/aromatic N) is 2. The maximum atomic E-state index is 12.1. The normalized spacial score (nSPS) is 12.7. The van der Waals surface area contributed by atoms with Crippen LogP contribution in [0.1, 0.15) is 36.3 Å². The first kappa shape index (κ1) is 14.7. The molecule has 1 atom stereocenters. The lowest BCUT2D eigenvalue weighted by molar-refractivity contribution is 0.0104. The minimum absolute atomic E-state index is 0.120. The van der Waals surface area contributed by atoms with Crippen molar-refractivity contribution in [1.29, 1.82) is 0 Å². The monoisotopic (exact) mass is 294 g/mol. The number of furan rings is 1. The van der Waals surface area contributed by atoms with Crippen molar-refractivity contribution in [3.63, 3.8) is 0 Å². The number of thioether (sulfide) groups is 1. The molecule has 108 valence electrons. The molecule has 0 aromatic carbocycles. The Morgan fingerprint density at radius 3 is 2.70 bits per heavy atom. The van der Waals surface area contributed by atoms with Crippen molar-refractivity contribution in [3.8, 4) is 0 Å². The number of carbonyl (C=O) groups excluding carboxylic acids is 1. The molecule has 0 aliphatic rings. The molecule has 6 heteroatoms. The van der Waals surface area contributed by atoms with E-state index in [9.17, 15) is 4.79 Å². The maximum Gasteiger partial charge on any atom is 0.375 e. The number of aryl methyl sites for hydroxylation is 1. The van der Waals surface area contributed by atoms with Crippen molar-refractivity contribution in [2.45, 2.75) is 25.0 Å². The second kappa shape index (κ2) is 6.17. The van der Waals surface area contributed by atoms with Gasteiger partial charge in [0, 0.05) is 19.4 Å². The van der Waals surface area contributed by atoms with Crippen LogP contribution in [0.4, 0.5) is 0 Å². The second-order valence-corrected chi connectivity index (χ2v) is 5.60. The zero-order valence-electron chi connectivity index (χ0n) is 12.0. The lowest BCUT2D eigenvalue weighted by Gasteiger charge is -2.20. The Bertz CT molecular complexity index is 589. The Labute approximate surface area is 122 Å². The van der Waals surface area contributed by atoms with Gasteiger partial charge >= 0.3 is 5.97 Å². The van der Waals surface area contributed by atoms with Gasteiger partial charge in [-0.15, -0.1) is 0 Å². The molecule has 2 heterocycles. The summed E-state index contributed by atoms with van der Waals surface area (Å²) >= 11 is 1.44. The van der Waals surface area contributed by atoms with E-state index in [4.69, 9.17) is 9.15 Å². The molecule has 0 fully saturated rings. The minimum Gasteiger partial charge on any atom is -0.448 e. The highest BCUT2D eigenvalue weighted by atomic mass is 32.2. The molecule has 0 amide bonds. The third kappa shape index (κ3) is 3.07. The minimum atomic E-state index is -0.466. The quantitative estimate of drug-likeness (QED) is 0.625. The average molecular weight is 294 g/mol. The van der Waals surface area contributed by atoms with Crippen LogP contribution in [0, 0.1) is 5.92 Å². The van der Waals surface area contributed by atoms with E-state index in [1.165, 1.54) is 11.8 Å². The summed E-state index contributed by atoms with van der Waals surface area (Å²) in [6, 6.07) is 3.39. The standard InChI is InChI=1S/C14H18N2O3S/c1-9(2)12(13-15-7-8-16(13)3)19-14(17)10-5-6-11(18-10)20-4/h5-9,12H,1-4H3. The van der Waals surface area contributed by atoms with Gasteiger partial charge in [0.1, 0.15) is 5.82 Å². The number of aromatic nitrogens is 2. The number of hydrogen-bond donors (Lipinski definition) is 0. The van der Waals surface area contributed by atoms with Crippen LogP contribution in [0.2, 0.25) is 0 Å². The molecule has 2 aromatic heterocycles. The Kier molecular flexibility index (Phi) is 4.54. The van der Waals surface area contributed by atoms with Crippen LogP contribution in [0.15, 0.2) is 34.0 Å². The first-order chi connectivity index (χ1) is 9.52. The molecule has 0 N–H and O–H groups in total. The Hall–Kier alpha value is -1.69. The molecule has 1 unspecified atom stereocenters. The lowest BCUT2D eigenvalue weighted by Crippen LogP contribution is -2.19. The van der Waals surface area contributed by atoms with Gasteiger partial charge in [0.25, 0.3) is 0 Å². The second-order valence-electron chi connectivity index (χ2n) is 4.79. The molecule has 0 saturated carbocycles. The smallest absolute Gasteiger partial charge is 0.375 e. The topological polar surface area (TPSA) is 57.3 Å². The van der Waals surface area contributed by atoms with Crippen molar-refractivity contribution >= 4 is 17.7 Å². The van der Waals surface area contributed by atoms with Crippen molar-refractivity contribution in [1.82, 2.24) is 9.55 Å². The summed E-state index contributed by atoms with van der Waals surface area (Å²) in [5.74, 6) is 0.598. The fraction of sp³-hybridized carbons (Fsp3) is 0.429. The van der Waals surface area contributed by atoms with E-state index < -0.39 is 12.1 Å². The molecule has 0 aliphatic heterocycles. The van der Waals surface area contributed by atoms with Gasteiger partial charge < -0.3 is 13.7 Å². The first-order valence-corrected chi connectivity index (χ1v) is 7.57. The Balaban J connectivity index is 2.16. The predicted molar refractivity (Wildman–Crippen MR) is 76.7 cm³/mol. The molecule has 0 aliphatic carbocycles. The Morgan fingerprint density at radius 1 is 1.45 bits per heavy atom. The highest BCUT2D eigenvalue weighted by Crippen LogP contribution is 2.26. The van der Waals surface area contributed by atoms with Gasteiger partial charge in [0.15, 0.2) is 11.2 Å². The van der Waals surface area contributed by atoms with Gasteiger partial charge in [-0.2, -0.15) is 0 Å². The maximum absolute atomic E-state index is 12.1. The van der Waals surface area contributed by atoms with Crippen LogP contribution in [0.3, 0.4) is 0 Å². The summed E-state index contributed by atoms with van der Waals surface area (Å²) in [5.41, 5.74) is 0. The number of esters is 1. The molecular formula is C14H18N2O3S. The van der Waals surface area contributed by atoms with Crippen molar-refractivity contribution in [2.75, 3.05) is 6.26 Å². The third-order valence-corrected chi connectivity index (χ3v) is 3.56. The Morgan fingerprint density at radius 2 is 2.20 bits per heavy atom. The number of carbonyl (C=O) groups is 1. The van der Waals surface area contributed by atoms with Gasteiger partial charge in [-0.1, -0.05) is 25.6 Å². The average Bonchev–Trinajstić information content (AvgIpc) is 3.04.